The van der Waals surface area contributed by atoms with Crippen molar-refractivity contribution in [2.24, 2.45) is 5.41 Å². The number of rotatable bonds is 8. The molecule has 0 bridgehead atoms. The number of hydrogen-bond acceptors (Lipinski definition) is 5. The predicted octanol–water partition coefficient (Wildman–Crippen LogP) is 4.69. The second-order valence-corrected chi connectivity index (χ2v) is 8.98. The molecule has 3 aromatic rings. The molecule has 1 fully saturated rings. The lowest BCUT2D eigenvalue weighted by atomic mass is 9.73. The highest BCUT2D eigenvalue weighted by atomic mass is 79.9. The van der Waals surface area contributed by atoms with Crippen molar-refractivity contribution in [3.63, 3.8) is 0 Å². The molecule has 4 amide bonds. The average molecular weight is 522 g/mol. The number of nitrogens with zero attached hydrogens (tertiary/aromatic N) is 2. The van der Waals surface area contributed by atoms with E-state index in [4.69, 9.17) is 4.74 Å². The Balaban J connectivity index is 1.72. The number of pyridine rings is 1. The fourth-order valence-electron chi connectivity index (χ4n) is 4.09. The molecule has 34 heavy (non-hydrogen) atoms. The van der Waals surface area contributed by atoms with Gasteiger partial charge in [-0.25, -0.2) is 9.69 Å². The predicted molar refractivity (Wildman–Crippen MR) is 131 cm³/mol. The third kappa shape index (κ3) is 4.87. The number of benzene rings is 2. The lowest BCUT2D eigenvalue weighted by Crippen LogP contribution is -2.65. The molecular weight excluding hydrogens is 498 g/mol. The van der Waals surface area contributed by atoms with Crippen LogP contribution >= 0.6 is 15.9 Å². The Labute approximate surface area is 206 Å². The van der Waals surface area contributed by atoms with Gasteiger partial charge in [0.2, 0.25) is 5.91 Å². The normalized spacial score (nSPS) is 18.1. The Kier molecular flexibility index (Phi) is 7.07. The van der Waals surface area contributed by atoms with E-state index in [2.05, 4.69) is 26.2 Å². The Bertz CT molecular complexity index is 1180. The van der Waals surface area contributed by atoms with Crippen molar-refractivity contribution >= 4 is 39.5 Å². The van der Waals surface area contributed by atoms with Crippen LogP contribution in [0.1, 0.15) is 24.5 Å². The van der Waals surface area contributed by atoms with E-state index in [9.17, 15) is 14.4 Å². The lowest BCUT2D eigenvalue weighted by Gasteiger charge is -2.39. The van der Waals surface area contributed by atoms with Crippen molar-refractivity contribution in [2.45, 2.75) is 26.2 Å². The summed E-state index contributed by atoms with van der Waals surface area (Å²) in [4.78, 5) is 45.1. The minimum Gasteiger partial charge on any atom is -0.494 e. The number of carbonyl (C=O) groups excluding carboxylic acids is 3. The van der Waals surface area contributed by atoms with Crippen LogP contribution in [0.5, 0.6) is 5.75 Å². The standard InChI is InChI=1S/C26H24BrN3O4/c1-2-34-22-9-3-19(4-10-22)17-26(14-11-18-12-15-28-16-13-18)23(31)29-25(33)30(24(26)32)21-7-5-20(27)6-8-21/h3-10,12-13,15-16H,2,11,14,17H2,1H3,(H,29,31,33). The summed E-state index contributed by atoms with van der Waals surface area (Å²) in [5.74, 6) is -0.409. The Morgan fingerprint density at radius 2 is 1.62 bits per heavy atom. The van der Waals surface area contributed by atoms with E-state index in [-0.39, 0.29) is 12.8 Å². The van der Waals surface area contributed by atoms with E-state index >= 15 is 0 Å². The summed E-state index contributed by atoms with van der Waals surface area (Å²) in [6.45, 7) is 2.45. The van der Waals surface area contributed by atoms with Crippen LogP contribution in [0.4, 0.5) is 10.5 Å². The van der Waals surface area contributed by atoms with E-state index < -0.39 is 23.3 Å². The summed E-state index contributed by atoms with van der Waals surface area (Å²) in [6, 6.07) is 17.1. The number of ether oxygens (including phenoxy) is 1. The maximum Gasteiger partial charge on any atom is 0.335 e. The van der Waals surface area contributed by atoms with E-state index in [1.54, 1.807) is 36.7 Å². The molecule has 7 nitrogen and oxygen atoms in total. The summed E-state index contributed by atoms with van der Waals surface area (Å²) < 4.78 is 6.33. The first kappa shape index (κ1) is 23.6. The highest BCUT2D eigenvalue weighted by Gasteiger charge is 2.53. The second-order valence-electron chi connectivity index (χ2n) is 8.07. The number of hydrogen-bond donors (Lipinski definition) is 1. The van der Waals surface area contributed by atoms with Gasteiger partial charge in [0.15, 0.2) is 0 Å². The van der Waals surface area contributed by atoms with Crippen molar-refractivity contribution in [2.75, 3.05) is 11.5 Å². The Morgan fingerprint density at radius 3 is 2.26 bits per heavy atom. The van der Waals surface area contributed by atoms with E-state index in [1.807, 2.05) is 43.3 Å². The van der Waals surface area contributed by atoms with Crippen LogP contribution in [-0.4, -0.2) is 29.4 Å². The largest absolute Gasteiger partial charge is 0.494 e. The second kappa shape index (κ2) is 10.2. The quantitative estimate of drug-likeness (QED) is 0.434. The number of barbiturate groups is 1. The molecule has 8 heteroatoms. The van der Waals surface area contributed by atoms with Crippen LogP contribution in [0, 0.1) is 5.41 Å². The summed E-state index contributed by atoms with van der Waals surface area (Å²) in [5.41, 5.74) is 0.691. The molecule has 1 unspecified atom stereocenters. The monoisotopic (exact) mass is 521 g/mol. The number of nitrogens with one attached hydrogen (secondary N) is 1. The minimum absolute atomic E-state index is 0.148. The van der Waals surface area contributed by atoms with Gasteiger partial charge in [0.05, 0.1) is 12.3 Å². The molecule has 0 saturated carbocycles. The molecule has 0 aliphatic carbocycles. The first-order valence-corrected chi connectivity index (χ1v) is 11.8. The zero-order chi connectivity index (χ0) is 24.1. The molecular formula is C26H24BrN3O4. The van der Waals surface area contributed by atoms with Gasteiger partial charge in [0, 0.05) is 16.9 Å². The third-order valence-electron chi connectivity index (χ3n) is 5.89. The average Bonchev–Trinajstić information content (AvgIpc) is 2.84. The molecule has 4 rings (SSSR count). The maximum absolute atomic E-state index is 13.9. The Hall–Kier alpha value is -3.52. The number of aryl methyl sites for hydroxylation is 1. The summed E-state index contributed by atoms with van der Waals surface area (Å²) >= 11 is 3.37. The van der Waals surface area contributed by atoms with Gasteiger partial charge in [-0.1, -0.05) is 28.1 Å². The van der Waals surface area contributed by atoms with Gasteiger partial charge in [0.1, 0.15) is 11.2 Å². The Morgan fingerprint density at radius 1 is 0.941 bits per heavy atom. The molecule has 0 spiro atoms. The van der Waals surface area contributed by atoms with Crippen molar-refractivity contribution in [3.8, 4) is 5.75 Å². The number of carbonyl (C=O) groups is 3. The number of halogens is 1. The molecule has 1 aromatic heterocycles. The van der Waals surface area contributed by atoms with Crippen molar-refractivity contribution in [1.29, 1.82) is 0 Å². The van der Waals surface area contributed by atoms with Crippen LogP contribution in [0.25, 0.3) is 0 Å². The SMILES string of the molecule is CCOc1ccc(CC2(CCc3ccncc3)C(=O)NC(=O)N(c3ccc(Br)cc3)C2=O)cc1. The number of urea groups is 1. The van der Waals surface area contributed by atoms with Crippen LogP contribution in [-0.2, 0) is 22.4 Å². The number of anilines is 1. The maximum atomic E-state index is 13.9. The van der Waals surface area contributed by atoms with Gasteiger partial charge in [-0.2, -0.15) is 0 Å². The molecule has 1 aliphatic rings. The van der Waals surface area contributed by atoms with Crippen molar-refractivity contribution < 1.29 is 19.1 Å². The molecule has 174 valence electrons. The van der Waals surface area contributed by atoms with Crippen molar-refractivity contribution in [3.05, 3.63) is 88.7 Å². The van der Waals surface area contributed by atoms with Gasteiger partial charge in [-0.3, -0.25) is 19.9 Å². The molecule has 1 aliphatic heterocycles. The number of aromatic nitrogens is 1. The van der Waals surface area contributed by atoms with Crippen LogP contribution in [0.2, 0.25) is 0 Å². The topological polar surface area (TPSA) is 88.6 Å². The highest BCUT2D eigenvalue weighted by molar-refractivity contribution is 9.10. The summed E-state index contributed by atoms with van der Waals surface area (Å²) in [7, 11) is 0. The van der Waals surface area contributed by atoms with E-state index in [1.165, 1.54) is 0 Å². The molecule has 2 heterocycles. The third-order valence-corrected chi connectivity index (χ3v) is 6.41. The zero-order valence-corrected chi connectivity index (χ0v) is 20.2. The van der Waals surface area contributed by atoms with Gasteiger partial charge in [0.25, 0.3) is 5.91 Å². The fraction of sp³-hybridized carbons (Fsp3) is 0.231. The summed E-state index contributed by atoms with van der Waals surface area (Å²) in [5, 5.41) is 2.43. The van der Waals surface area contributed by atoms with Crippen LogP contribution in [0.3, 0.4) is 0 Å². The fourth-order valence-corrected chi connectivity index (χ4v) is 4.36. The lowest BCUT2D eigenvalue weighted by molar-refractivity contribution is -0.143. The van der Waals surface area contributed by atoms with Crippen LogP contribution in [0.15, 0.2) is 77.5 Å². The van der Waals surface area contributed by atoms with Gasteiger partial charge in [-0.15, -0.1) is 0 Å². The highest BCUT2D eigenvalue weighted by Crippen LogP contribution is 2.37. The molecule has 2 aromatic carbocycles. The van der Waals surface area contributed by atoms with E-state index in [0.29, 0.717) is 24.5 Å². The molecule has 1 saturated heterocycles. The zero-order valence-electron chi connectivity index (χ0n) is 18.7. The molecule has 1 atom stereocenters. The van der Waals surface area contributed by atoms with Gasteiger partial charge < -0.3 is 4.74 Å². The summed E-state index contributed by atoms with van der Waals surface area (Å²) in [6.07, 6.45) is 4.20. The van der Waals surface area contributed by atoms with Crippen molar-refractivity contribution in [1.82, 2.24) is 10.3 Å². The minimum atomic E-state index is -1.46. The number of amides is 4. The smallest absolute Gasteiger partial charge is 0.335 e. The van der Waals surface area contributed by atoms with Gasteiger partial charge in [-0.05, 0) is 85.8 Å². The van der Waals surface area contributed by atoms with Crippen LogP contribution < -0.4 is 15.0 Å². The first-order chi connectivity index (χ1) is 16.4. The number of imide groups is 2. The molecule has 0 radical (unpaired) electrons. The molecule has 1 N–H and O–H groups in total. The van der Waals surface area contributed by atoms with E-state index in [0.717, 1.165) is 20.5 Å². The van der Waals surface area contributed by atoms with Gasteiger partial charge >= 0.3 is 6.03 Å². The first-order valence-electron chi connectivity index (χ1n) is 11.0.